The summed E-state index contributed by atoms with van der Waals surface area (Å²) < 4.78 is 11.5. The van der Waals surface area contributed by atoms with Crippen LogP contribution in [0, 0.1) is 0 Å². The molecule has 0 spiro atoms. The second-order valence-corrected chi connectivity index (χ2v) is 12.3. The van der Waals surface area contributed by atoms with Gasteiger partial charge in [0.15, 0.2) is 0 Å². The van der Waals surface area contributed by atoms with E-state index in [9.17, 15) is 0 Å². The standard InChI is InChI=1S/C6H16O2Si2/c1-9(2)5-8-10(3,4)6-7-9/h5-6H2,1-4H3. The van der Waals surface area contributed by atoms with E-state index in [1.54, 1.807) is 0 Å². The zero-order chi connectivity index (χ0) is 7.83. The third kappa shape index (κ3) is 2.19. The lowest BCUT2D eigenvalue weighted by Gasteiger charge is -2.36. The average molecular weight is 176 g/mol. The second kappa shape index (κ2) is 2.44. The zero-order valence-corrected chi connectivity index (χ0v) is 9.23. The average Bonchev–Trinajstić information content (AvgIpc) is 1.79. The maximum Gasteiger partial charge on any atom is 0.210 e. The summed E-state index contributed by atoms with van der Waals surface area (Å²) in [5.41, 5.74) is 0. The van der Waals surface area contributed by atoms with Gasteiger partial charge in [0.05, 0.1) is 12.5 Å². The molecule has 1 fully saturated rings. The largest absolute Gasteiger partial charge is 0.416 e. The fourth-order valence-corrected chi connectivity index (χ4v) is 6.90. The van der Waals surface area contributed by atoms with E-state index in [0.717, 1.165) is 12.5 Å². The second-order valence-electron chi connectivity index (χ2n) is 4.10. The molecular formula is C6H16O2Si2. The maximum absolute atomic E-state index is 5.76. The third-order valence-electron chi connectivity index (χ3n) is 1.62. The van der Waals surface area contributed by atoms with E-state index in [1.165, 1.54) is 0 Å². The van der Waals surface area contributed by atoms with E-state index in [0.29, 0.717) is 0 Å². The molecule has 0 radical (unpaired) electrons. The molecule has 1 aliphatic rings. The molecule has 60 valence electrons. The third-order valence-corrected chi connectivity index (χ3v) is 5.73. The van der Waals surface area contributed by atoms with Gasteiger partial charge in [-0.05, 0) is 26.2 Å². The van der Waals surface area contributed by atoms with Crippen LogP contribution in [0.4, 0.5) is 0 Å². The number of hydrogen-bond donors (Lipinski definition) is 0. The van der Waals surface area contributed by atoms with Crippen molar-refractivity contribution in [2.24, 2.45) is 0 Å². The van der Waals surface area contributed by atoms with Crippen LogP contribution in [-0.2, 0) is 8.85 Å². The van der Waals surface area contributed by atoms with Gasteiger partial charge >= 0.3 is 0 Å². The van der Waals surface area contributed by atoms with Gasteiger partial charge < -0.3 is 8.85 Å². The molecule has 4 heteroatoms. The van der Waals surface area contributed by atoms with Crippen LogP contribution in [0.1, 0.15) is 0 Å². The minimum Gasteiger partial charge on any atom is -0.416 e. The van der Waals surface area contributed by atoms with Gasteiger partial charge in [-0.1, -0.05) is 0 Å². The summed E-state index contributed by atoms with van der Waals surface area (Å²) in [5.74, 6) is 0. The molecule has 0 saturated carbocycles. The van der Waals surface area contributed by atoms with E-state index >= 15 is 0 Å². The smallest absolute Gasteiger partial charge is 0.210 e. The highest BCUT2D eigenvalue weighted by atomic mass is 28.4. The minimum atomic E-state index is -1.37. The van der Waals surface area contributed by atoms with Crippen LogP contribution in [0.25, 0.3) is 0 Å². The molecule has 0 N–H and O–H groups in total. The van der Waals surface area contributed by atoms with Crippen molar-refractivity contribution < 1.29 is 8.85 Å². The van der Waals surface area contributed by atoms with Gasteiger partial charge in [0.2, 0.25) is 16.6 Å². The van der Waals surface area contributed by atoms with Crippen molar-refractivity contribution in [1.29, 1.82) is 0 Å². The molecule has 0 amide bonds. The van der Waals surface area contributed by atoms with Crippen molar-refractivity contribution in [3.05, 3.63) is 0 Å². The molecule has 0 aromatic heterocycles. The Morgan fingerprint density at radius 3 is 1.30 bits per heavy atom. The van der Waals surface area contributed by atoms with Gasteiger partial charge in [0.1, 0.15) is 0 Å². The molecule has 0 atom stereocenters. The van der Waals surface area contributed by atoms with Crippen molar-refractivity contribution in [2.45, 2.75) is 26.2 Å². The molecule has 10 heavy (non-hydrogen) atoms. The van der Waals surface area contributed by atoms with E-state index in [-0.39, 0.29) is 0 Å². The maximum atomic E-state index is 5.76. The Morgan fingerprint density at radius 1 is 0.800 bits per heavy atom. The molecule has 0 aliphatic carbocycles. The molecule has 1 heterocycles. The van der Waals surface area contributed by atoms with E-state index < -0.39 is 16.6 Å². The first kappa shape index (κ1) is 8.45. The van der Waals surface area contributed by atoms with Gasteiger partial charge in [-0.25, -0.2) is 0 Å². The van der Waals surface area contributed by atoms with E-state index in [1.807, 2.05) is 0 Å². The van der Waals surface area contributed by atoms with Crippen LogP contribution >= 0.6 is 0 Å². The highest BCUT2D eigenvalue weighted by Crippen LogP contribution is 2.18. The minimum absolute atomic E-state index is 0.895. The summed E-state index contributed by atoms with van der Waals surface area (Å²) in [6, 6.07) is 0. The summed E-state index contributed by atoms with van der Waals surface area (Å²) >= 11 is 0. The lowest BCUT2D eigenvalue weighted by Crippen LogP contribution is -2.54. The Morgan fingerprint density at radius 2 is 1.10 bits per heavy atom. The molecule has 1 rings (SSSR count). The number of rotatable bonds is 0. The number of hydrogen-bond acceptors (Lipinski definition) is 2. The van der Waals surface area contributed by atoms with Crippen molar-refractivity contribution in [3.8, 4) is 0 Å². The molecule has 0 unspecified atom stereocenters. The Kier molecular flexibility index (Phi) is 2.06. The summed E-state index contributed by atoms with van der Waals surface area (Å²) in [6.07, 6.45) is 1.79. The van der Waals surface area contributed by atoms with Crippen molar-refractivity contribution >= 4 is 16.6 Å². The Bertz CT molecular complexity index is 106. The van der Waals surface area contributed by atoms with Gasteiger partial charge in [-0.3, -0.25) is 0 Å². The van der Waals surface area contributed by atoms with Crippen LogP contribution in [0.2, 0.25) is 26.2 Å². The molecule has 0 bridgehead atoms. The van der Waals surface area contributed by atoms with Gasteiger partial charge in [-0.2, -0.15) is 0 Å². The van der Waals surface area contributed by atoms with E-state index in [2.05, 4.69) is 26.2 Å². The van der Waals surface area contributed by atoms with Crippen LogP contribution in [0.3, 0.4) is 0 Å². The van der Waals surface area contributed by atoms with Crippen LogP contribution in [0.15, 0.2) is 0 Å². The van der Waals surface area contributed by atoms with Crippen molar-refractivity contribution in [1.82, 2.24) is 0 Å². The normalized spacial score (nSPS) is 30.0. The van der Waals surface area contributed by atoms with Gasteiger partial charge in [0, 0.05) is 0 Å². The van der Waals surface area contributed by atoms with Crippen molar-refractivity contribution in [3.63, 3.8) is 0 Å². The quantitative estimate of drug-likeness (QED) is 0.521. The first-order valence-electron chi connectivity index (χ1n) is 3.69. The lowest BCUT2D eigenvalue weighted by atomic mass is 11.6. The summed E-state index contributed by atoms with van der Waals surface area (Å²) in [7, 11) is -2.73. The van der Waals surface area contributed by atoms with E-state index in [4.69, 9.17) is 8.85 Å². The highest BCUT2D eigenvalue weighted by molar-refractivity contribution is 6.78. The predicted molar refractivity (Wildman–Crippen MR) is 46.9 cm³/mol. The molecular weight excluding hydrogens is 160 g/mol. The molecule has 0 aromatic rings. The first-order chi connectivity index (χ1) is 4.41. The SMILES string of the molecule is C[Si]1(C)CO[Si](C)(C)CO1. The lowest BCUT2D eigenvalue weighted by molar-refractivity contribution is 0.235. The fraction of sp³-hybridized carbons (Fsp3) is 1.00. The first-order valence-corrected chi connectivity index (χ1v) is 9.92. The predicted octanol–water partition coefficient (Wildman–Crippen LogP) is 1.52. The monoisotopic (exact) mass is 176 g/mol. The highest BCUT2D eigenvalue weighted by Gasteiger charge is 2.36. The summed E-state index contributed by atoms with van der Waals surface area (Å²) in [5, 5.41) is 0. The molecule has 2 nitrogen and oxygen atoms in total. The molecule has 0 aromatic carbocycles. The van der Waals surface area contributed by atoms with Gasteiger partial charge in [-0.15, -0.1) is 0 Å². The Hall–Kier alpha value is 0.354. The topological polar surface area (TPSA) is 18.5 Å². The zero-order valence-electron chi connectivity index (χ0n) is 7.23. The Labute approximate surface area is 64.8 Å². The van der Waals surface area contributed by atoms with Gasteiger partial charge in [0.25, 0.3) is 0 Å². The molecule has 1 aliphatic heterocycles. The Balaban J connectivity index is 2.46. The van der Waals surface area contributed by atoms with Crippen LogP contribution < -0.4 is 0 Å². The van der Waals surface area contributed by atoms with Crippen molar-refractivity contribution in [2.75, 3.05) is 12.5 Å². The summed E-state index contributed by atoms with van der Waals surface area (Å²) in [4.78, 5) is 0. The van der Waals surface area contributed by atoms with Crippen LogP contribution in [-0.4, -0.2) is 29.1 Å². The fourth-order valence-electron chi connectivity index (χ4n) is 0.822. The molecule has 1 saturated heterocycles. The van der Waals surface area contributed by atoms with Crippen LogP contribution in [0.5, 0.6) is 0 Å². The summed E-state index contributed by atoms with van der Waals surface area (Å²) in [6.45, 7) is 8.82.